The van der Waals surface area contributed by atoms with Crippen molar-refractivity contribution in [3.63, 3.8) is 0 Å². The van der Waals surface area contributed by atoms with Crippen molar-refractivity contribution in [3.8, 4) is 5.75 Å². The molecule has 3 heteroatoms. The molecule has 14 heavy (non-hydrogen) atoms. The van der Waals surface area contributed by atoms with Gasteiger partial charge >= 0.3 is 0 Å². The van der Waals surface area contributed by atoms with E-state index in [1.165, 1.54) is 0 Å². The number of nitrogens with zero attached hydrogens (tertiary/aromatic N) is 1. The first kappa shape index (κ1) is 10.7. The van der Waals surface area contributed by atoms with Gasteiger partial charge in [-0.2, -0.15) is 0 Å². The Balaban J connectivity index is 2.47. The molecule has 0 fully saturated rings. The molecule has 0 saturated heterocycles. The lowest BCUT2D eigenvalue weighted by Crippen LogP contribution is -2.18. The van der Waals surface area contributed by atoms with Crippen LogP contribution < -0.4 is 10.5 Å². The minimum Gasteiger partial charge on any atom is -0.493 e. The van der Waals surface area contributed by atoms with E-state index in [-0.39, 0.29) is 0 Å². The summed E-state index contributed by atoms with van der Waals surface area (Å²) >= 11 is 0. The quantitative estimate of drug-likeness (QED) is 0.725. The van der Waals surface area contributed by atoms with Gasteiger partial charge in [-0.15, -0.1) is 0 Å². The average molecular weight is 192 g/mol. The Hall–Kier alpha value is -1.35. The fourth-order valence-corrected chi connectivity index (χ4v) is 0.954. The molecule has 1 aromatic rings. The van der Waals surface area contributed by atoms with Crippen molar-refractivity contribution in [3.05, 3.63) is 24.3 Å². The zero-order valence-electron chi connectivity index (χ0n) is 8.44. The van der Waals surface area contributed by atoms with Gasteiger partial charge in [-0.3, -0.25) is 4.99 Å². The largest absolute Gasteiger partial charge is 0.493 e. The molecule has 1 unspecified atom stereocenters. The summed E-state index contributed by atoms with van der Waals surface area (Å²) in [5.74, 6) is 1.23. The van der Waals surface area contributed by atoms with Crippen LogP contribution >= 0.6 is 0 Å². The van der Waals surface area contributed by atoms with E-state index in [2.05, 4.69) is 18.6 Å². The van der Waals surface area contributed by atoms with E-state index in [4.69, 9.17) is 10.5 Å². The standard InChI is InChI=1S/C11H16N2O/c1-9(7-12)8-14-11-5-3-10(13-2)4-6-11/h3-6,9H,2,7-8,12H2,1H3. The third kappa shape index (κ3) is 3.18. The van der Waals surface area contributed by atoms with Gasteiger partial charge in [0.25, 0.3) is 0 Å². The van der Waals surface area contributed by atoms with Crippen molar-refractivity contribution in [2.75, 3.05) is 13.2 Å². The highest BCUT2D eigenvalue weighted by molar-refractivity contribution is 5.47. The van der Waals surface area contributed by atoms with Gasteiger partial charge in [0.05, 0.1) is 12.3 Å². The van der Waals surface area contributed by atoms with Gasteiger partial charge in [0, 0.05) is 5.92 Å². The molecule has 0 amide bonds. The molecule has 0 aliphatic rings. The molecule has 76 valence electrons. The molecule has 1 aromatic carbocycles. The van der Waals surface area contributed by atoms with Crippen LogP contribution in [0, 0.1) is 5.92 Å². The van der Waals surface area contributed by atoms with Gasteiger partial charge in [0.2, 0.25) is 0 Å². The Morgan fingerprint density at radius 1 is 1.43 bits per heavy atom. The van der Waals surface area contributed by atoms with Crippen LogP contribution in [0.1, 0.15) is 6.92 Å². The molecule has 0 aromatic heterocycles. The Bertz CT molecular complexity index is 282. The molecular formula is C11H16N2O. The summed E-state index contributed by atoms with van der Waals surface area (Å²) in [7, 11) is 0. The SMILES string of the molecule is C=Nc1ccc(OCC(C)CN)cc1. The first-order valence-corrected chi connectivity index (χ1v) is 4.66. The fraction of sp³-hybridized carbons (Fsp3) is 0.364. The molecule has 1 rings (SSSR count). The Labute approximate surface area is 84.6 Å². The highest BCUT2D eigenvalue weighted by atomic mass is 16.5. The van der Waals surface area contributed by atoms with Crippen molar-refractivity contribution in [2.24, 2.45) is 16.6 Å². The lowest BCUT2D eigenvalue weighted by Gasteiger charge is -2.10. The normalized spacial score (nSPS) is 12.1. The summed E-state index contributed by atoms with van der Waals surface area (Å²) in [4.78, 5) is 3.80. The molecular weight excluding hydrogens is 176 g/mol. The van der Waals surface area contributed by atoms with Gasteiger partial charge in [-0.25, -0.2) is 0 Å². The second-order valence-corrected chi connectivity index (χ2v) is 3.30. The van der Waals surface area contributed by atoms with E-state index >= 15 is 0 Å². The maximum Gasteiger partial charge on any atom is 0.119 e. The van der Waals surface area contributed by atoms with Gasteiger partial charge in [-0.1, -0.05) is 6.92 Å². The van der Waals surface area contributed by atoms with Gasteiger partial charge in [-0.05, 0) is 37.5 Å². The van der Waals surface area contributed by atoms with Gasteiger partial charge in [0.15, 0.2) is 0 Å². The monoisotopic (exact) mass is 192 g/mol. The highest BCUT2D eigenvalue weighted by Crippen LogP contribution is 2.17. The van der Waals surface area contributed by atoms with Crippen LogP contribution in [0.15, 0.2) is 29.3 Å². The Morgan fingerprint density at radius 3 is 2.57 bits per heavy atom. The molecule has 0 aliphatic heterocycles. The van der Waals surface area contributed by atoms with Gasteiger partial charge in [0.1, 0.15) is 5.75 Å². The smallest absolute Gasteiger partial charge is 0.119 e. The van der Waals surface area contributed by atoms with Crippen LogP contribution in [0.25, 0.3) is 0 Å². The number of hydrogen-bond acceptors (Lipinski definition) is 3. The van der Waals surface area contributed by atoms with E-state index in [1.54, 1.807) is 0 Å². The van der Waals surface area contributed by atoms with Crippen LogP contribution in [0.3, 0.4) is 0 Å². The number of benzene rings is 1. The molecule has 0 bridgehead atoms. The molecule has 0 heterocycles. The summed E-state index contributed by atoms with van der Waals surface area (Å²) in [5.41, 5.74) is 6.33. The van der Waals surface area contributed by atoms with E-state index in [1.807, 2.05) is 24.3 Å². The molecule has 0 aliphatic carbocycles. The van der Waals surface area contributed by atoms with Crippen LogP contribution in [0.5, 0.6) is 5.75 Å². The minimum atomic E-state index is 0.382. The van der Waals surface area contributed by atoms with Crippen LogP contribution in [0.4, 0.5) is 5.69 Å². The summed E-state index contributed by atoms with van der Waals surface area (Å²) in [6, 6.07) is 7.51. The number of nitrogens with two attached hydrogens (primary N) is 1. The maximum absolute atomic E-state index is 5.52. The minimum absolute atomic E-state index is 0.382. The number of aliphatic imine (C=N–C) groups is 1. The predicted octanol–water partition coefficient (Wildman–Crippen LogP) is 1.99. The molecule has 1 atom stereocenters. The maximum atomic E-state index is 5.52. The Kier molecular flexibility index (Phi) is 4.13. The third-order valence-corrected chi connectivity index (χ3v) is 1.96. The topological polar surface area (TPSA) is 47.6 Å². The second kappa shape index (κ2) is 5.40. The van der Waals surface area contributed by atoms with E-state index in [0.29, 0.717) is 19.1 Å². The molecule has 0 spiro atoms. The average Bonchev–Trinajstić information content (AvgIpc) is 2.26. The fourth-order valence-electron chi connectivity index (χ4n) is 0.954. The molecule has 0 radical (unpaired) electrons. The third-order valence-electron chi connectivity index (χ3n) is 1.96. The van der Waals surface area contributed by atoms with E-state index in [0.717, 1.165) is 11.4 Å². The lowest BCUT2D eigenvalue weighted by molar-refractivity contribution is 0.264. The number of rotatable bonds is 5. The summed E-state index contributed by atoms with van der Waals surface area (Å²) in [6.45, 7) is 6.79. The Morgan fingerprint density at radius 2 is 2.07 bits per heavy atom. The molecule has 2 N–H and O–H groups in total. The van der Waals surface area contributed by atoms with Gasteiger partial charge < -0.3 is 10.5 Å². The van der Waals surface area contributed by atoms with Crippen LogP contribution in [-0.2, 0) is 0 Å². The first-order chi connectivity index (χ1) is 6.76. The van der Waals surface area contributed by atoms with Crippen molar-refractivity contribution in [2.45, 2.75) is 6.92 Å². The van der Waals surface area contributed by atoms with E-state index in [9.17, 15) is 0 Å². The lowest BCUT2D eigenvalue weighted by atomic mass is 10.2. The highest BCUT2D eigenvalue weighted by Gasteiger charge is 2.00. The van der Waals surface area contributed by atoms with Crippen molar-refractivity contribution >= 4 is 12.4 Å². The van der Waals surface area contributed by atoms with Crippen LogP contribution in [-0.4, -0.2) is 19.9 Å². The predicted molar refractivity (Wildman–Crippen MR) is 59.4 cm³/mol. The first-order valence-electron chi connectivity index (χ1n) is 4.66. The molecule has 3 nitrogen and oxygen atoms in total. The second-order valence-electron chi connectivity index (χ2n) is 3.30. The van der Waals surface area contributed by atoms with E-state index < -0.39 is 0 Å². The zero-order chi connectivity index (χ0) is 10.4. The zero-order valence-corrected chi connectivity index (χ0v) is 8.44. The summed E-state index contributed by atoms with van der Waals surface area (Å²) < 4.78 is 5.52. The molecule has 0 saturated carbocycles. The number of ether oxygens (including phenoxy) is 1. The van der Waals surface area contributed by atoms with Crippen molar-refractivity contribution in [1.82, 2.24) is 0 Å². The van der Waals surface area contributed by atoms with Crippen molar-refractivity contribution in [1.29, 1.82) is 0 Å². The van der Waals surface area contributed by atoms with Crippen molar-refractivity contribution < 1.29 is 4.74 Å². The summed E-state index contributed by atoms with van der Waals surface area (Å²) in [5, 5.41) is 0. The summed E-state index contributed by atoms with van der Waals surface area (Å²) in [6.07, 6.45) is 0. The number of hydrogen-bond donors (Lipinski definition) is 1. The van der Waals surface area contributed by atoms with Crippen LogP contribution in [0.2, 0.25) is 0 Å².